The van der Waals surface area contributed by atoms with Gasteiger partial charge in [0.25, 0.3) is 0 Å². The zero-order valence-electron chi connectivity index (χ0n) is 9.18. The van der Waals surface area contributed by atoms with Crippen molar-refractivity contribution in [1.29, 1.82) is 0 Å². The minimum atomic E-state index is 0.164. The number of aromatic amines is 1. The normalized spacial score (nSPS) is 12.4. The molecule has 0 saturated heterocycles. The Morgan fingerprint density at radius 3 is 2.56 bits per heavy atom. The van der Waals surface area contributed by atoms with Crippen LogP contribution in [0, 0.1) is 4.77 Å². The topological polar surface area (TPSA) is 42.8 Å². The van der Waals surface area contributed by atoms with E-state index in [2.05, 4.69) is 17.1 Å². The third-order valence-electron chi connectivity index (χ3n) is 2.59. The van der Waals surface area contributed by atoms with Gasteiger partial charge >= 0.3 is 0 Å². The van der Waals surface area contributed by atoms with Crippen molar-refractivity contribution < 1.29 is 4.74 Å². The molecule has 0 saturated carbocycles. The molecular formula is C11H13N3OS. The second-order valence-electron chi connectivity index (χ2n) is 3.52. The maximum Gasteiger partial charge on any atom is 0.195 e. The van der Waals surface area contributed by atoms with E-state index in [9.17, 15) is 0 Å². The number of ether oxygens (including phenoxy) is 1. The van der Waals surface area contributed by atoms with E-state index in [0.29, 0.717) is 4.77 Å². The summed E-state index contributed by atoms with van der Waals surface area (Å²) in [5.41, 5.74) is 1.17. The molecule has 1 atom stereocenters. The van der Waals surface area contributed by atoms with Crippen LogP contribution in [0.1, 0.15) is 18.5 Å². The highest BCUT2D eigenvalue weighted by molar-refractivity contribution is 7.71. The van der Waals surface area contributed by atoms with Crippen LogP contribution in [0.15, 0.2) is 30.6 Å². The van der Waals surface area contributed by atoms with Crippen LogP contribution in [-0.2, 0) is 0 Å². The van der Waals surface area contributed by atoms with Crippen LogP contribution in [-0.4, -0.2) is 21.9 Å². The third kappa shape index (κ3) is 1.99. The molecule has 1 aromatic carbocycles. The van der Waals surface area contributed by atoms with Crippen molar-refractivity contribution in [2.75, 3.05) is 7.11 Å². The average Bonchev–Trinajstić information content (AvgIpc) is 2.75. The minimum absolute atomic E-state index is 0.164. The SMILES string of the molecule is COc1ccc(C(C)n2cn[nH]c2=S)cc1. The van der Waals surface area contributed by atoms with Gasteiger partial charge < -0.3 is 4.74 Å². The van der Waals surface area contributed by atoms with Gasteiger partial charge in [-0.15, -0.1) is 0 Å². The van der Waals surface area contributed by atoms with E-state index >= 15 is 0 Å². The van der Waals surface area contributed by atoms with Crippen molar-refractivity contribution >= 4 is 12.2 Å². The molecule has 0 aliphatic rings. The standard InChI is InChI=1S/C11H13N3OS/c1-8(14-7-12-13-11(14)16)9-3-5-10(15-2)6-4-9/h3-8H,1-2H3,(H,13,16). The number of nitrogens with zero attached hydrogens (tertiary/aromatic N) is 2. The first kappa shape index (κ1) is 10.9. The number of methoxy groups -OCH3 is 1. The molecule has 0 fully saturated rings. The van der Waals surface area contributed by atoms with Crippen molar-refractivity contribution in [3.05, 3.63) is 40.9 Å². The fourth-order valence-corrected chi connectivity index (χ4v) is 1.83. The summed E-state index contributed by atoms with van der Waals surface area (Å²) in [6.07, 6.45) is 1.71. The fraction of sp³-hybridized carbons (Fsp3) is 0.273. The van der Waals surface area contributed by atoms with Gasteiger partial charge in [0.15, 0.2) is 4.77 Å². The monoisotopic (exact) mass is 235 g/mol. The second kappa shape index (κ2) is 4.49. The number of aromatic nitrogens is 3. The summed E-state index contributed by atoms with van der Waals surface area (Å²) in [7, 11) is 1.66. The van der Waals surface area contributed by atoms with Gasteiger partial charge in [0, 0.05) is 0 Å². The molecule has 1 N–H and O–H groups in total. The number of benzene rings is 1. The molecule has 2 rings (SSSR count). The molecule has 5 heteroatoms. The third-order valence-corrected chi connectivity index (χ3v) is 2.89. The molecule has 0 amide bonds. The van der Waals surface area contributed by atoms with Crippen LogP contribution >= 0.6 is 12.2 Å². The van der Waals surface area contributed by atoms with Gasteiger partial charge in [-0.05, 0) is 36.8 Å². The van der Waals surface area contributed by atoms with E-state index in [4.69, 9.17) is 17.0 Å². The van der Waals surface area contributed by atoms with Crippen molar-refractivity contribution in [1.82, 2.24) is 14.8 Å². The summed E-state index contributed by atoms with van der Waals surface area (Å²) in [4.78, 5) is 0. The first-order chi connectivity index (χ1) is 7.72. The van der Waals surface area contributed by atoms with Crippen LogP contribution in [0.25, 0.3) is 0 Å². The van der Waals surface area contributed by atoms with E-state index in [1.54, 1.807) is 13.4 Å². The molecule has 2 aromatic rings. The van der Waals surface area contributed by atoms with Crippen molar-refractivity contribution in [3.8, 4) is 5.75 Å². The lowest BCUT2D eigenvalue weighted by Gasteiger charge is -2.13. The summed E-state index contributed by atoms with van der Waals surface area (Å²) in [6, 6.07) is 8.10. The molecule has 84 valence electrons. The van der Waals surface area contributed by atoms with Crippen LogP contribution in [0.3, 0.4) is 0 Å². The van der Waals surface area contributed by atoms with Crippen LogP contribution in [0.5, 0.6) is 5.75 Å². The van der Waals surface area contributed by atoms with E-state index in [1.807, 2.05) is 28.8 Å². The molecule has 1 unspecified atom stereocenters. The Morgan fingerprint density at radius 2 is 2.06 bits per heavy atom. The van der Waals surface area contributed by atoms with Gasteiger partial charge in [-0.2, -0.15) is 5.10 Å². The Morgan fingerprint density at radius 1 is 1.38 bits per heavy atom. The molecule has 0 bridgehead atoms. The molecule has 0 radical (unpaired) electrons. The molecule has 16 heavy (non-hydrogen) atoms. The van der Waals surface area contributed by atoms with Crippen LogP contribution in [0.2, 0.25) is 0 Å². The molecule has 0 spiro atoms. The highest BCUT2D eigenvalue weighted by Crippen LogP contribution is 2.20. The summed E-state index contributed by atoms with van der Waals surface area (Å²) in [5.74, 6) is 0.853. The van der Waals surface area contributed by atoms with Crippen LogP contribution < -0.4 is 4.74 Å². The van der Waals surface area contributed by atoms with E-state index < -0.39 is 0 Å². The predicted octanol–water partition coefficient (Wildman–Crippen LogP) is 2.56. The van der Waals surface area contributed by atoms with Crippen LogP contribution in [0.4, 0.5) is 0 Å². The zero-order valence-corrected chi connectivity index (χ0v) is 9.99. The Hall–Kier alpha value is -1.62. The van der Waals surface area contributed by atoms with Gasteiger partial charge in [-0.1, -0.05) is 12.1 Å². The van der Waals surface area contributed by atoms with Gasteiger partial charge in [-0.25, -0.2) is 0 Å². The minimum Gasteiger partial charge on any atom is -0.497 e. The van der Waals surface area contributed by atoms with Gasteiger partial charge in [0.2, 0.25) is 0 Å². The number of rotatable bonds is 3. The Balaban J connectivity index is 2.31. The molecule has 1 heterocycles. The van der Waals surface area contributed by atoms with Crippen molar-refractivity contribution in [3.63, 3.8) is 0 Å². The lowest BCUT2D eigenvalue weighted by atomic mass is 10.1. The largest absolute Gasteiger partial charge is 0.497 e. The highest BCUT2D eigenvalue weighted by Gasteiger charge is 2.08. The molecule has 0 aliphatic carbocycles. The second-order valence-corrected chi connectivity index (χ2v) is 3.90. The number of hydrogen-bond acceptors (Lipinski definition) is 3. The molecule has 0 aliphatic heterocycles. The Bertz CT molecular complexity index is 515. The quantitative estimate of drug-likeness (QED) is 0.831. The predicted molar refractivity (Wildman–Crippen MR) is 64.2 cm³/mol. The van der Waals surface area contributed by atoms with Gasteiger partial charge in [0.05, 0.1) is 13.2 Å². The molecule has 1 aromatic heterocycles. The smallest absolute Gasteiger partial charge is 0.195 e. The van der Waals surface area contributed by atoms with E-state index in [0.717, 1.165) is 5.75 Å². The van der Waals surface area contributed by atoms with Crippen molar-refractivity contribution in [2.45, 2.75) is 13.0 Å². The van der Waals surface area contributed by atoms with Gasteiger partial charge in [0.1, 0.15) is 12.1 Å². The van der Waals surface area contributed by atoms with E-state index in [-0.39, 0.29) is 6.04 Å². The van der Waals surface area contributed by atoms with Gasteiger partial charge in [-0.3, -0.25) is 9.67 Å². The first-order valence-electron chi connectivity index (χ1n) is 4.98. The average molecular weight is 235 g/mol. The maximum atomic E-state index is 5.13. The summed E-state index contributed by atoms with van der Waals surface area (Å²) >= 11 is 5.13. The highest BCUT2D eigenvalue weighted by atomic mass is 32.1. The molecule has 4 nitrogen and oxygen atoms in total. The first-order valence-corrected chi connectivity index (χ1v) is 5.38. The summed E-state index contributed by atoms with van der Waals surface area (Å²) < 4.78 is 7.66. The molecular weight excluding hydrogens is 222 g/mol. The maximum absolute atomic E-state index is 5.13. The number of hydrogen-bond donors (Lipinski definition) is 1. The number of H-pyrrole nitrogens is 1. The van der Waals surface area contributed by atoms with E-state index in [1.165, 1.54) is 5.56 Å². The number of nitrogens with one attached hydrogen (secondary N) is 1. The lowest BCUT2D eigenvalue weighted by molar-refractivity contribution is 0.414. The lowest BCUT2D eigenvalue weighted by Crippen LogP contribution is -2.05. The summed E-state index contributed by atoms with van der Waals surface area (Å²) in [6.45, 7) is 2.08. The summed E-state index contributed by atoms with van der Waals surface area (Å²) in [5, 5.41) is 6.66. The van der Waals surface area contributed by atoms with Crippen molar-refractivity contribution in [2.24, 2.45) is 0 Å². The fourth-order valence-electron chi connectivity index (χ4n) is 1.58. The zero-order chi connectivity index (χ0) is 11.5. The Labute approximate surface area is 98.9 Å². The Kier molecular flexibility index (Phi) is 3.05.